The Bertz CT molecular complexity index is 2040. The molecular weight excluding hydrogens is 757 g/mol. The molecule has 0 spiro atoms. The third-order valence-electron chi connectivity index (χ3n) is 10.2. The van der Waals surface area contributed by atoms with Crippen LogP contribution in [0.5, 0.6) is 0 Å². The van der Waals surface area contributed by atoms with E-state index in [4.69, 9.17) is 0 Å². The third kappa shape index (κ3) is 11.4. The maximum atomic E-state index is 14.1. The summed E-state index contributed by atoms with van der Waals surface area (Å²) >= 11 is 0. The Kier molecular flexibility index (Phi) is 13.9. The van der Waals surface area contributed by atoms with E-state index in [9.17, 15) is 30.0 Å². The zero-order chi connectivity index (χ0) is 41.8. The monoisotopic (exact) mass is 804 g/mol. The molecule has 3 amide bonds. The van der Waals surface area contributed by atoms with Gasteiger partial charge in [-0.05, 0) is 69.8 Å². The van der Waals surface area contributed by atoms with Gasteiger partial charge in [-0.2, -0.15) is 15.2 Å². The summed E-state index contributed by atoms with van der Waals surface area (Å²) in [5.74, 6) is -1.10. The van der Waals surface area contributed by atoms with Gasteiger partial charge in [-0.15, -0.1) is 0 Å². The average molecular weight is 805 g/mol. The normalized spacial score (nSPS) is 13.0. The Labute approximate surface area is 349 Å². The van der Waals surface area contributed by atoms with Crippen LogP contribution in [-0.4, -0.2) is 83.2 Å². The van der Waals surface area contributed by atoms with Crippen LogP contribution < -0.4 is 0 Å². The first-order chi connectivity index (χ1) is 29.2. The highest BCUT2D eigenvalue weighted by molar-refractivity contribution is 5.99. The predicted molar refractivity (Wildman–Crippen MR) is 225 cm³/mol. The van der Waals surface area contributed by atoms with Crippen molar-refractivity contribution in [2.45, 2.75) is 39.3 Å². The number of benzene rings is 6. The Morgan fingerprint density at radius 3 is 0.750 bits per heavy atom. The van der Waals surface area contributed by atoms with Gasteiger partial charge in [0.15, 0.2) is 0 Å². The first-order valence-electron chi connectivity index (χ1n) is 19.7. The van der Waals surface area contributed by atoms with E-state index >= 15 is 0 Å². The summed E-state index contributed by atoms with van der Waals surface area (Å²) < 4.78 is 0. The molecule has 60 heavy (non-hydrogen) atoms. The van der Waals surface area contributed by atoms with E-state index in [-0.39, 0.29) is 57.4 Å². The summed E-state index contributed by atoms with van der Waals surface area (Å²) in [6.07, 6.45) is 0. The van der Waals surface area contributed by atoms with Crippen molar-refractivity contribution >= 4 is 17.7 Å². The van der Waals surface area contributed by atoms with Crippen LogP contribution in [0.15, 0.2) is 164 Å². The van der Waals surface area contributed by atoms with Crippen LogP contribution in [0.4, 0.5) is 0 Å². The van der Waals surface area contributed by atoms with Crippen molar-refractivity contribution in [3.8, 4) is 0 Å². The predicted octanol–water partition coefficient (Wildman–Crippen LogP) is 7.47. The molecule has 12 heteroatoms. The fourth-order valence-corrected chi connectivity index (χ4v) is 7.13. The number of hydrogen-bond acceptors (Lipinski definition) is 9. The van der Waals surface area contributed by atoms with Gasteiger partial charge in [0.05, 0.1) is 20.0 Å². The summed E-state index contributed by atoms with van der Waals surface area (Å²) in [6.45, 7) is 1.62. The van der Waals surface area contributed by atoms with E-state index in [1.165, 1.54) is 29.9 Å². The molecule has 0 bridgehead atoms. The molecule has 0 aliphatic carbocycles. The summed E-state index contributed by atoms with van der Waals surface area (Å²) in [7, 11) is 0. The second kappa shape index (κ2) is 20.0. The van der Waals surface area contributed by atoms with E-state index in [0.29, 0.717) is 36.3 Å². The molecule has 1 fully saturated rings. The minimum Gasteiger partial charge on any atom is -0.313 e. The van der Waals surface area contributed by atoms with Gasteiger partial charge in [-0.1, -0.05) is 127 Å². The van der Waals surface area contributed by atoms with Gasteiger partial charge in [0.25, 0.3) is 17.7 Å². The van der Waals surface area contributed by atoms with Gasteiger partial charge < -0.3 is 30.3 Å². The second-order valence-electron chi connectivity index (χ2n) is 15.0. The van der Waals surface area contributed by atoms with Gasteiger partial charge in [-0.25, -0.2) is 0 Å². The van der Waals surface area contributed by atoms with E-state index in [1.54, 1.807) is 72.8 Å². The molecule has 1 aliphatic rings. The topological polar surface area (TPSA) is 131 Å². The maximum absolute atomic E-state index is 14.1. The molecule has 1 aliphatic heterocycles. The molecule has 7 rings (SSSR count). The minimum absolute atomic E-state index is 0.0549. The number of hydrogen-bond donors (Lipinski definition) is 3. The maximum Gasteiger partial charge on any atom is 0.256 e. The standard InChI is InChI=1S/C48H48N6O6/c55-46(43-22-16-40(17-23-43)31-52(58)28-37-10-4-1-5-11-37)49-34-50(47(56)44-24-18-41(19-25-44)32-53(59)29-38-12-6-2-7-13-38)36-51(35-49)48(57)45-26-20-42(21-27-45)33-54(60)30-39-14-8-3-9-15-39/h1-27,58-60H,28-36H2. The molecule has 6 aromatic carbocycles. The zero-order valence-electron chi connectivity index (χ0n) is 33.2. The van der Waals surface area contributed by atoms with Crippen molar-refractivity contribution in [1.29, 1.82) is 0 Å². The fourth-order valence-electron chi connectivity index (χ4n) is 7.13. The van der Waals surface area contributed by atoms with Crippen molar-refractivity contribution in [3.05, 3.63) is 214 Å². The van der Waals surface area contributed by atoms with Crippen LogP contribution in [0.25, 0.3) is 0 Å². The number of amides is 3. The smallest absolute Gasteiger partial charge is 0.256 e. The number of carbonyl (C=O) groups is 3. The number of carbonyl (C=O) groups excluding carboxylic acids is 3. The number of hydroxylamine groups is 6. The lowest BCUT2D eigenvalue weighted by atomic mass is 10.1. The highest BCUT2D eigenvalue weighted by Gasteiger charge is 2.33. The summed E-state index contributed by atoms with van der Waals surface area (Å²) in [4.78, 5) is 46.6. The van der Waals surface area contributed by atoms with Crippen molar-refractivity contribution in [2.24, 2.45) is 0 Å². The summed E-state index contributed by atoms with van der Waals surface area (Å²) in [6, 6.07) is 49.6. The Morgan fingerprint density at radius 2 is 0.533 bits per heavy atom. The molecule has 0 aromatic heterocycles. The van der Waals surface area contributed by atoms with Crippen molar-refractivity contribution < 1.29 is 30.0 Å². The highest BCUT2D eigenvalue weighted by atomic mass is 16.5. The molecule has 0 unspecified atom stereocenters. The molecule has 1 saturated heterocycles. The lowest BCUT2D eigenvalue weighted by Crippen LogP contribution is -2.59. The average Bonchev–Trinajstić information content (AvgIpc) is 3.27. The lowest BCUT2D eigenvalue weighted by molar-refractivity contribution is -0.108. The largest absolute Gasteiger partial charge is 0.313 e. The van der Waals surface area contributed by atoms with Crippen LogP contribution in [-0.2, 0) is 39.3 Å². The molecule has 1 heterocycles. The second-order valence-corrected chi connectivity index (χ2v) is 15.0. The number of nitrogens with zero attached hydrogens (tertiary/aromatic N) is 6. The van der Waals surface area contributed by atoms with Crippen molar-refractivity contribution in [1.82, 2.24) is 29.9 Å². The van der Waals surface area contributed by atoms with Crippen molar-refractivity contribution in [3.63, 3.8) is 0 Å². The van der Waals surface area contributed by atoms with Crippen LogP contribution in [0.2, 0.25) is 0 Å². The van der Waals surface area contributed by atoms with Crippen molar-refractivity contribution in [2.75, 3.05) is 20.0 Å². The first-order valence-corrected chi connectivity index (χ1v) is 19.7. The van der Waals surface area contributed by atoms with Gasteiger partial charge in [0, 0.05) is 56.0 Å². The van der Waals surface area contributed by atoms with Crippen LogP contribution in [0.3, 0.4) is 0 Å². The quantitative estimate of drug-likeness (QED) is 0.0905. The first kappa shape index (κ1) is 41.6. The molecule has 12 nitrogen and oxygen atoms in total. The minimum atomic E-state index is -0.365. The van der Waals surface area contributed by atoms with Gasteiger partial charge in [0.1, 0.15) is 0 Å². The molecule has 0 saturated carbocycles. The fraction of sp³-hybridized carbons (Fsp3) is 0.188. The van der Waals surface area contributed by atoms with E-state index < -0.39 is 0 Å². The molecule has 0 radical (unpaired) electrons. The zero-order valence-corrected chi connectivity index (χ0v) is 33.2. The molecule has 3 N–H and O–H groups in total. The van der Waals surface area contributed by atoms with E-state index in [2.05, 4.69) is 0 Å². The lowest BCUT2D eigenvalue weighted by Gasteiger charge is -2.42. The Morgan fingerprint density at radius 1 is 0.333 bits per heavy atom. The number of rotatable bonds is 15. The Hall–Kier alpha value is -6.51. The summed E-state index contributed by atoms with van der Waals surface area (Å²) in [5.41, 5.74) is 6.42. The third-order valence-corrected chi connectivity index (χ3v) is 10.2. The van der Waals surface area contributed by atoms with Crippen LogP contribution >= 0.6 is 0 Å². The molecule has 306 valence electrons. The van der Waals surface area contributed by atoms with Crippen LogP contribution in [0, 0.1) is 0 Å². The molecular formula is C48H48N6O6. The van der Waals surface area contributed by atoms with E-state index in [0.717, 1.165) is 33.4 Å². The van der Waals surface area contributed by atoms with Gasteiger partial charge in [-0.3, -0.25) is 14.4 Å². The summed E-state index contributed by atoms with van der Waals surface area (Å²) in [5, 5.41) is 35.3. The van der Waals surface area contributed by atoms with Crippen LogP contribution in [0.1, 0.15) is 64.5 Å². The molecule has 6 aromatic rings. The Balaban J connectivity index is 1.04. The molecule has 0 atom stereocenters. The van der Waals surface area contributed by atoms with Gasteiger partial charge in [0.2, 0.25) is 0 Å². The van der Waals surface area contributed by atoms with E-state index in [1.807, 2.05) is 91.0 Å². The van der Waals surface area contributed by atoms with Gasteiger partial charge >= 0.3 is 0 Å². The highest BCUT2D eigenvalue weighted by Crippen LogP contribution is 2.20. The SMILES string of the molecule is O=C(c1ccc(CN(O)Cc2ccccc2)cc1)N1CN(C(=O)c2ccc(CN(O)Cc3ccccc3)cc2)CN(C(=O)c2ccc(CN(O)Cc3ccccc3)cc2)C1.